The zero-order valence-electron chi connectivity index (χ0n) is 12.6. The number of hydrogen-bond acceptors (Lipinski definition) is 4. The number of nitrogens with one attached hydrogen (secondary N) is 2. The fourth-order valence-corrected chi connectivity index (χ4v) is 3.97. The zero-order valence-corrected chi connectivity index (χ0v) is 14.3. The fraction of sp³-hybridized carbons (Fsp3) is 0.600. The van der Waals surface area contributed by atoms with Gasteiger partial charge in [0.1, 0.15) is 0 Å². The molecule has 118 valence electrons. The summed E-state index contributed by atoms with van der Waals surface area (Å²) < 4.78 is 27.3. The standard InChI is InChI=1S/C15H24N2O2S2/c1-12(11-20-2)9-17-21(18,19)15-5-3-4-13(8-15)10-16-14-6-7-14/h3-5,8,12,14,16-17H,6-7,9-11H2,1-2H3. The van der Waals surface area contributed by atoms with E-state index in [-0.39, 0.29) is 0 Å². The van der Waals surface area contributed by atoms with Crippen molar-refractivity contribution in [2.45, 2.75) is 37.2 Å². The van der Waals surface area contributed by atoms with Crippen molar-refractivity contribution in [3.8, 4) is 0 Å². The lowest BCUT2D eigenvalue weighted by Crippen LogP contribution is -2.29. The summed E-state index contributed by atoms with van der Waals surface area (Å²) in [6.45, 7) is 3.26. The second-order valence-corrected chi connectivity index (χ2v) is 8.39. The lowest BCUT2D eigenvalue weighted by Gasteiger charge is -2.12. The summed E-state index contributed by atoms with van der Waals surface area (Å²) in [5.41, 5.74) is 1.02. The Morgan fingerprint density at radius 1 is 1.38 bits per heavy atom. The van der Waals surface area contributed by atoms with Crippen molar-refractivity contribution < 1.29 is 8.42 Å². The van der Waals surface area contributed by atoms with Crippen molar-refractivity contribution in [2.24, 2.45) is 5.92 Å². The van der Waals surface area contributed by atoms with Crippen molar-refractivity contribution >= 4 is 21.8 Å². The van der Waals surface area contributed by atoms with Crippen LogP contribution in [0.2, 0.25) is 0 Å². The minimum atomic E-state index is -3.41. The van der Waals surface area contributed by atoms with Crippen LogP contribution in [0.1, 0.15) is 25.3 Å². The average Bonchev–Trinajstić information content (AvgIpc) is 3.28. The largest absolute Gasteiger partial charge is 0.310 e. The van der Waals surface area contributed by atoms with Crippen LogP contribution in [0, 0.1) is 5.92 Å². The van der Waals surface area contributed by atoms with Gasteiger partial charge in [0, 0.05) is 19.1 Å². The first-order valence-corrected chi connectivity index (χ1v) is 10.2. The summed E-state index contributed by atoms with van der Waals surface area (Å²) in [6, 6.07) is 7.81. The number of thioether (sulfide) groups is 1. The van der Waals surface area contributed by atoms with Crippen LogP contribution >= 0.6 is 11.8 Å². The van der Waals surface area contributed by atoms with Crippen molar-refractivity contribution in [2.75, 3.05) is 18.6 Å². The Labute approximate surface area is 132 Å². The van der Waals surface area contributed by atoms with Gasteiger partial charge in [-0.15, -0.1) is 0 Å². The molecular formula is C15H24N2O2S2. The molecule has 0 aromatic heterocycles. The van der Waals surface area contributed by atoms with Gasteiger partial charge in [0.25, 0.3) is 0 Å². The Kier molecular flexibility index (Phi) is 6.10. The lowest BCUT2D eigenvalue weighted by atomic mass is 10.2. The highest BCUT2D eigenvalue weighted by atomic mass is 32.2. The Morgan fingerprint density at radius 2 is 2.14 bits per heavy atom. The third kappa shape index (κ3) is 5.62. The van der Waals surface area contributed by atoms with Crippen LogP contribution in [-0.4, -0.2) is 33.0 Å². The molecule has 0 bridgehead atoms. The molecule has 1 aliphatic rings. The summed E-state index contributed by atoms with van der Waals surface area (Å²) in [6.07, 6.45) is 4.49. The molecule has 2 rings (SSSR count). The van der Waals surface area contributed by atoms with Gasteiger partial charge in [0.15, 0.2) is 0 Å². The predicted molar refractivity (Wildman–Crippen MR) is 89.0 cm³/mol. The Balaban J connectivity index is 1.96. The topological polar surface area (TPSA) is 58.2 Å². The highest BCUT2D eigenvalue weighted by Gasteiger charge is 2.20. The van der Waals surface area contributed by atoms with E-state index in [1.807, 2.05) is 18.4 Å². The van der Waals surface area contributed by atoms with Crippen LogP contribution in [0.4, 0.5) is 0 Å². The second kappa shape index (κ2) is 7.63. The van der Waals surface area contributed by atoms with Gasteiger partial charge in [0.05, 0.1) is 4.90 Å². The number of hydrogen-bond donors (Lipinski definition) is 2. The van der Waals surface area contributed by atoms with Crippen LogP contribution in [0.25, 0.3) is 0 Å². The molecule has 1 aromatic rings. The quantitative estimate of drug-likeness (QED) is 0.730. The van der Waals surface area contributed by atoms with Gasteiger partial charge in [-0.05, 0) is 48.5 Å². The van der Waals surface area contributed by atoms with Gasteiger partial charge >= 0.3 is 0 Å². The number of rotatable bonds is 9. The normalized spacial score (nSPS) is 16.9. The first kappa shape index (κ1) is 16.8. The first-order chi connectivity index (χ1) is 10.0. The molecule has 1 fully saturated rings. The molecule has 1 aromatic carbocycles. The van der Waals surface area contributed by atoms with Gasteiger partial charge in [0.2, 0.25) is 10.0 Å². The van der Waals surface area contributed by atoms with E-state index in [1.165, 1.54) is 12.8 Å². The third-order valence-electron chi connectivity index (χ3n) is 3.45. The van der Waals surface area contributed by atoms with Crippen LogP contribution in [0.3, 0.4) is 0 Å². The molecule has 1 saturated carbocycles. The molecule has 1 aliphatic carbocycles. The molecule has 1 atom stereocenters. The number of sulfonamides is 1. The van der Waals surface area contributed by atoms with Crippen LogP contribution < -0.4 is 10.0 Å². The van der Waals surface area contributed by atoms with E-state index in [4.69, 9.17) is 0 Å². The van der Waals surface area contributed by atoms with Crippen molar-refractivity contribution in [3.63, 3.8) is 0 Å². The van der Waals surface area contributed by atoms with Crippen molar-refractivity contribution in [1.29, 1.82) is 0 Å². The fourth-order valence-electron chi connectivity index (χ4n) is 2.05. The minimum Gasteiger partial charge on any atom is -0.310 e. The predicted octanol–water partition coefficient (Wildman–Crippen LogP) is 2.22. The maximum Gasteiger partial charge on any atom is 0.240 e. The van der Waals surface area contributed by atoms with E-state index in [2.05, 4.69) is 17.0 Å². The van der Waals surface area contributed by atoms with E-state index in [1.54, 1.807) is 23.9 Å². The molecule has 4 nitrogen and oxygen atoms in total. The van der Waals surface area contributed by atoms with Crippen LogP contribution in [0.15, 0.2) is 29.2 Å². The highest BCUT2D eigenvalue weighted by Crippen LogP contribution is 2.20. The summed E-state index contributed by atoms with van der Waals surface area (Å²) in [5, 5.41) is 3.40. The monoisotopic (exact) mass is 328 g/mol. The summed E-state index contributed by atoms with van der Waals surface area (Å²) in [7, 11) is -3.41. The maximum atomic E-state index is 12.3. The molecule has 0 radical (unpaired) electrons. The average molecular weight is 329 g/mol. The van der Waals surface area contributed by atoms with E-state index in [0.29, 0.717) is 23.4 Å². The van der Waals surface area contributed by atoms with E-state index >= 15 is 0 Å². The molecule has 2 N–H and O–H groups in total. The Hall–Kier alpha value is -0.560. The molecule has 6 heteroatoms. The van der Waals surface area contributed by atoms with Gasteiger partial charge < -0.3 is 5.32 Å². The van der Waals surface area contributed by atoms with Crippen LogP contribution in [0.5, 0.6) is 0 Å². The first-order valence-electron chi connectivity index (χ1n) is 7.32. The van der Waals surface area contributed by atoms with Crippen LogP contribution in [-0.2, 0) is 16.6 Å². The highest BCUT2D eigenvalue weighted by molar-refractivity contribution is 7.98. The summed E-state index contributed by atoms with van der Waals surface area (Å²) in [5.74, 6) is 1.28. The van der Waals surface area contributed by atoms with E-state index in [9.17, 15) is 8.42 Å². The van der Waals surface area contributed by atoms with Gasteiger partial charge in [-0.1, -0.05) is 19.1 Å². The Morgan fingerprint density at radius 3 is 2.81 bits per heavy atom. The SMILES string of the molecule is CSCC(C)CNS(=O)(=O)c1cccc(CNC2CC2)c1. The molecule has 0 heterocycles. The summed E-state index contributed by atoms with van der Waals surface area (Å²) >= 11 is 1.73. The zero-order chi connectivity index (χ0) is 15.3. The smallest absolute Gasteiger partial charge is 0.240 e. The molecule has 0 aliphatic heterocycles. The lowest BCUT2D eigenvalue weighted by molar-refractivity contribution is 0.562. The minimum absolute atomic E-state index is 0.328. The second-order valence-electron chi connectivity index (χ2n) is 5.71. The van der Waals surface area contributed by atoms with Gasteiger partial charge in [-0.2, -0.15) is 11.8 Å². The molecule has 0 amide bonds. The summed E-state index contributed by atoms with van der Waals surface area (Å²) in [4.78, 5) is 0.356. The van der Waals surface area contributed by atoms with E-state index in [0.717, 1.165) is 17.9 Å². The maximum absolute atomic E-state index is 12.3. The third-order valence-corrected chi connectivity index (χ3v) is 5.78. The van der Waals surface area contributed by atoms with E-state index < -0.39 is 10.0 Å². The number of benzene rings is 1. The molecular weight excluding hydrogens is 304 g/mol. The van der Waals surface area contributed by atoms with Gasteiger partial charge in [-0.3, -0.25) is 0 Å². The Bertz CT molecular complexity index is 557. The molecule has 0 saturated heterocycles. The van der Waals surface area contributed by atoms with Crippen molar-refractivity contribution in [3.05, 3.63) is 29.8 Å². The molecule has 0 spiro atoms. The molecule has 1 unspecified atom stereocenters. The van der Waals surface area contributed by atoms with Gasteiger partial charge in [-0.25, -0.2) is 13.1 Å². The van der Waals surface area contributed by atoms with Crippen molar-refractivity contribution in [1.82, 2.24) is 10.0 Å². The molecule has 21 heavy (non-hydrogen) atoms.